The standard InChI is InChI=1S/C19H24N2O7S2/c1-5-29(23,24)27-17-9-7-15(11-13(17)3)21(19(20)22)16-8-10-18(14(4)12-16)28-30(25,26)6-2/h7-12H,5-6H2,1-4H3,(H2,20,22). The van der Waals surface area contributed by atoms with Crippen LogP contribution >= 0.6 is 0 Å². The Kier molecular flexibility index (Phi) is 6.99. The molecule has 0 atom stereocenters. The summed E-state index contributed by atoms with van der Waals surface area (Å²) in [5, 5.41) is 0. The van der Waals surface area contributed by atoms with Crippen LogP contribution in [0.2, 0.25) is 0 Å². The van der Waals surface area contributed by atoms with Crippen LogP contribution in [-0.2, 0) is 20.2 Å². The Morgan fingerprint density at radius 3 is 1.47 bits per heavy atom. The maximum Gasteiger partial charge on any atom is 0.323 e. The maximum absolute atomic E-state index is 12.1. The van der Waals surface area contributed by atoms with Gasteiger partial charge in [-0.2, -0.15) is 16.8 Å². The highest BCUT2D eigenvalue weighted by Crippen LogP contribution is 2.33. The van der Waals surface area contributed by atoms with Crippen molar-refractivity contribution in [3.8, 4) is 11.5 Å². The van der Waals surface area contributed by atoms with Crippen molar-refractivity contribution in [2.45, 2.75) is 27.7 Å². The summed E-state index contributed by atoms with van der Waals surface area (Å²) in [4.78, 5) is 13.3. The largest absolute Gasteiger partial charge is 0.382 e. The number of urea groups is 1. The lowest BCUT2D eigenvalue weighted by Crippen LogP contribution is -2.31. The third-order valence-electron chi connectivity index (χ3n) is 4.19. The number of nitrogens with two attached hydrogens (primary N) is 1. The van der Waals surface area contributed by atoms with Gasteiger partial charge in [-0.25, -0.2) is 4.79 Å². The van der Waals surface area contributed by atoms with E-state index in [9.17, 15) is 21.6 Å². The van der Waals surface area contributed by atoms with Gasteiger partial charge in [0.05, 0.1) is 22.9 Å². The lowest BCUT2D eigenvalue weighted by molar-refractivity contribution is 0.256. The smallest absolute Gasteiger partial charge is 0.323 e. The number of carbonyl (C=O) groups excluding carboxylic acids is 1. The first-order chi connectivity index (χ1) is 13.9. The molecular formula is C19H24N2O7S2. The number of aryl methyl sites for hydroxylation is 2. The van der Waals surface area contributed by atoms with E-state index < -0.39 is 26.3 Å². The van der Waals surface area contributed by atoms with E-state index >= 15 is 0 Å². The number of hydrogen-bond donors (Lipinski definition) is 1. The van der Waals surface area contributed by atoms with E-state index in [1.54, 1.807) is 26.0 Å². The summed E-state index contributed by atoms with van der Waals surface area (Å²) in [5.41, 5.74) is 7.30. The van der Waals surface area contributed by atoms with Gasteiger partial charge in [-0.1, -0.05) is 0 Å². The van der Waals surface area contributed by atoms with Gasteiger partial charge in [-0.3, -0.25) is 4.90 Å². The Balaban J connectivity index is 2.42. The summed E-state index contributed by atoms with van der Waals surface area (Å²) in [6.07, 6.45) is 0. The predicted octanol–water partition coefficient (Wildman–Crippen LogP) is 2.98. The average Bonchev–Trinajstić information content (AvgIpc) is 2.66. The molecule has 0 saturated heterocycles. The van der Waals surface area contributed by atoms with Crippen LogP contribution in [0.3, 0.4) is 0 Å². The van der Waals surface area contributed by atoms with Gasteiger partial charge in [0.2, 0.25) is 0 Å². The first-order valence-electron chi connectivity index (χ1n) is 9.04. The second kappa shape index (κ2) is 8.92. The van der Waals surface area contributed by atoms with Crippen molar-refractivity contribution >= 4 is 37.6 Å². The van der Waals surface area contributed by atoms with Crippen LogP contribution in [0.4, 0.5) is 16.2 Å². The van der Waals surface area contributed by atoms with E-state index in [-0.39, 0.29) is 23.0 Å². The van der Waals surface area contributed by atoms with Crippen LogP contribution in [0, 0.1) is 13.8 Å². The second-order valence-electron chi connectivity index (χ2n) is 6.43. The molecule has 9 nitrogen and oxygen atoms in total. The fraction of sp³-hybridized carbons (Fsp3) is 0.316. The van der Waals surface area contributed by atoms with Crippen molar-refractivity contribution in [2.24, 2.45) is 5.73 Å². The lowest BCUT2D eigenvalue weighted by Gasteiger charge is -2.22. The minimum atomic E-state index is -3.69. The van der Waals surface area contributed by atoms with Crippen LogP contribution in [0.5, 0.6) is 11.5 Å². The van der Waals surface area contributed by atoms with Crippen LogP contribution < -0.4 is 19.0 Å². The molecule has 0 unspecified atom stereocenters. The van der Waals surface area contributed by atoms with Crippen molar-refractivity contribution in [3.05, 3.63) is 47.5 Å². The van der Waals surface area contributed by atoms with Gasteiger partial charge >= 0.3 is 26.3 Å². The molecule has 0 aliphatic rings. The Morgan fingerprint density at radius 2 is 1.20 bits per heavy atom. The minimum absolute atomic E-state index is 0.148. The van der Waals surface area contributed by atoms with Crippen LogP contribution in [0.25, 0.3) is 0 Å². The molecule has 0 aromatic heterocycles. The predicted molar refractivity (Wildman–Crippen MR) is 114 cm³/mol. The van der Waals surface area contributed by atoms with E-state index in [0.29, 0.717) is 22.5 Å². The monoisotopic (exact) mass is 456 g/mol. The molecule has 0 radical (unpaired) electrons. The maximum atomic E-state index is 12.1. The van der Waals surface area contributed by atoms with Gasteiger partial charge in [0, 0.05) is 0 Å². The molecular weight excluding hydrogens is 432 g/mol. The zero-order valence-corrected chi connectivity index (χ0v) is 18.7. The van der Waals surface area contributed by atoms with Crippen molar-refractivity contribution in [3.63, 3.8) is 0 Å². The highest BCUT2D eigenvalue weighted by Gasteiger charge is 2.20. The fourth-order valence-electron chi connectivity index (χ4n) is 2.53. The summed E-state index contributed by atoms with van der Waals surface area (Å²) in [5.74, 6) is -0.0593. The van der Waals surface area contributed by atoms with E-state index in [1.807, 2.05) is 0 Å². The van der Waals surface area contributed by atoms with E-state index in [4.69, 9.17) is 14.1 Å². The molecule has 2 amide bonds. The fourth-order valence-corrected chi connectivity index (χ4v) is 3.68. The number of amides is 2. The number of primary amides is 1. The molecule has 0 heterocycles. The number of rotatable bonds is 8. The van der Waals surface area contributed by atoms with Gasteiger partial charge in [-0.15, -0.1) is 0 Å². The number of nitrogens with zero attached hydrogens (tertiary/aromatic N) is 1. The van der Waals surface area contributed by atoms with E-state index in [0.717, 1.165) is 0 Å². The molecule has 164 valence electrons. The summed E-state index contributed by atoms with van der Waals surface area (Å²) >= 11 is 0. The molecule has 0 aliphatic carbocycles. The molecule has 0 aliphatic heterocycles. The molecule has 0 bridgehead atoms. The number of carbonyl (C=O) groups is 1. The van der Waals surface area contributed by atoms with Gasteiger partial charge in [0.1, 0.15) is 11.5 Å². The highest BCUT2D eigenvalue weighted by molar-refractivity contribution is 7.87. The third-order valence-corrected chi connectivity index (χ3v) is 6.48. The van der Waals surface area contributed by atoms with Crippen LogP contribution in [0.15, 0.2) is 36.4 Å². The first-order valence-corrected chi connectivity index (χ1v) is 12.2. The topological polar surface area (TPSA) is 133 Å². The summed E-state index contributed by atoms with van der Waals surface area (Å²) in [6, 6.07) is 8.22. The van der Waals surface area contributed by atoms with Crippen molar-refractivity contribution in [1.29, 1.82) is 0 Å². The van der Waals surface area contributed by atoms with Crippen LogP contribution in [-0.4, -0.2) is 34.4 Å². The molecule has 2 aromatic rings. The van der Waals surface area contributed by atoms with Crippen molar-refractivity contribution in [2.75, 3.05) is 16.4 Å². The first kappa shape index (κ1) is 23.5. The van der Waals surface area contributed by atoms with Gasteiger partial charge in [-0.05, 0) is 75.2 Å². The van der Waals surface area contributed by atoms with Crippen molar-refractivity contribution < 1.29 is 30.0 Å². The molecule has 0 fully saturated rings. The molecule has 2 N–H and O–H groups in total. The minimum Gasteiger partial charge on any atom is -0.382 e. The number of benzene rings is 2. The summed E-state index contributed by atoms with van der Waals surface area (Å²) in [6.45, 7) is 6.21. The zero-order chi connectivity index (χ0) is 22.7. The quantitative estimate of drug-likeness (QED) is 0.604. The highest BCUT2D eigenvalue weighted by atomic mass is 32.2. The Labute approximate surface area is 176 Å². The number of hydrogen-bond acceptors (Lipinski definition) is 7. The Morgan fingerprint density at radius 1 is 0.833 bits per heavy atom. The van der Waals surface area contributed by atoms with Gasteiger partial charge in [0.15, 0.2) is 0 Å². The van der Waals surface area contributed by atoms with E-state index in [2.05, 4.69) is 0 Å². The van der Waals surface area contributed by atoms with Gasteiger partial charge < -0.3 is 14.1 Å². The lowest BCUT2D eigenvalue weighted by atomic mass is 10.1. The molecule has 30 heavy (non-hydrogen) atoms. The Hall–Kier alpha value is -2.79. The van der Waals surface area contributed by atoms with Crippen LogP contribution in [0.1, 0.15) is 25.0 Å². The van der Waals surface area contributed by atoms with E-state index in [1.165, 1.54) is 43.0 Å². The molecule has 0 spiro atoms. The molecule has 2 aromatic carbocycles. The van der Waals surface area contributed by atoms with Crippen molar-refractivity contribution in [1.82, 2.24) is 0 Å². The number of anilines is 2. The summed E-state index contributed by atoms with van der Waals surface area (Å²) < 4.78 is 56.9. The third kappa shape index (κ3) is 5.63. The molecule has 2 rings (SSSR count). The SMILES string of the molecule is CCS(=O)(=O)Oc1ccc(N(C(N)=O)c2ccc(OS(=O)(=O)CC)c(C)c2)cc1C. The normalized spacial score (nSPS) is 11.7. The molecule has 0 saturated carbocycles. The zero-order valence-electron chi connectivity index (χ0n) is 17.1. The summed E-state index contributed by atoms with van der Waals surface area (Å²) in [7, 11) is -7.39. The second-order valence-corrected chi connectivity index (χ2v) is 10.2. The van der Waals surface area contributed by atoms with Gasteiger partial charge in [0.25, 0.3) is 0 Å². The molecule has 11 heteroatoms. The Bertz CT molecular complexity index is 1070. The average molecular weight is 457 g/mol.